The molecular formula is C20H24FN3O5. The number of nitrogens with zero attached hydrogens (tertiary/aromatic N) is 3. The van der Waals surface area contributed by atoms with Crippen LogP contribution in [0.1, 0.15) is 29.2 Å². The van der Waals surface area contributed by atoms with Gasteiger partial charge in [-0.15, -0.1) is 0 Å². The summed E-state index contributed by atoms with van der Waals surface area (Å²) in [4.78, 5) is 27.9. The number of aliphatic hydroxyl groups is 1. The summed E-state index contributed by atoms with van der Waals surface area (Å²) in [5.74, 6) is -1.83. The van der Waals surface area contributed by atoms with Gasteiger partial charge in [0.1, 0.15) is 11.3 Å². The molecule has 0 spiro atoms. The minimum atomic E-state index is -1.34. The number of rotatable bonds is 5. The average molecular weight is 405 g/mol. The number of fused-ring (bicyclic) bond motifs is 1. The van der Waals surface area contributed by atoms with Crippen LogP contribution < -0.4 is 15.1 Å². The second-order valence-electron chi connectivity index (χ2n) is 7.96. The highest BCUT2D eigenvalue weighted by Crippen LogP contribution is 2.44. The van der Waals surface area contributed by atoms with Gasteiger partial charge in [0.2, 0.25) is 5.43 Å². The minimum absolute atomic E-state index is 0.0150. The summed E-state index contributed by atoms with van der Waals surface area (Å²) in [6.45, 7) is 0.621. The lowest BCUT2D eigenvalue weighted by Gasteiger charge is -2.25. The van der Waals surface area contributed by atoms with E-state index < -0.39 is 23.3 Å². The third kappa shape index (κ3) is 3.14. The number of carbonyl (C=O) groups is 1. The van der Waals surface area contributed by atoms with Gasteiger partial charge in [0.25, 0.3) is 0 Å². The SMILES string of the molecule is COc1c(N2CC(O)C(N(C)C)C2)c(F)cc2c(=O)c(C(=O)O)cn(C3CC3)c12. The zero-order chi connectivity index (χ0) is 21.0. The number of likely N-dealkylation sites (N-methyl/N-ethyl adjacent to an activating group) is 1. The summed E-state index contributed by atoms with van der Waals surface area (Å²) in [5.41, 5.74) is -0.548. The van der Waals surface area contributed by atoms with E-state index in [1.165, 1.54) is 13.3 Å². The normalized spacial score (nSPS) is 21.9. The van der Waals surface area contributed by atoms with Crippen molar-refractivity contribution in [3.05, 3.63) is 33.9 Å². The number of aromatic carboxylic acids is 1. The number of methoxy groups -OCH3 is 1. The zero-order valence-electron chi connectivity index (χ0n) is 16.6. The Kier molecular flexibility index (Phi) is 4.74. The van der Waals surface area contributed by atoms with Gasteiger partial charge in [-0.1, -0.05) is 0 Å². The molecule has 29 heavy (non-hydrogen) atoms. The molecular weight excluding hydrogens is 381 g/mol. The lowest BCUT2D eigenvalue weighted by molar-refractivity contribution is 0.0694. The first-order chi connectivity index (χ1) is 13.7. The Morgan fingerprint density at radius 3 is 2.52 bits per heavy atom. The topological polar surface area (TPSA) is 95.2 Å². The van der Waals surface area contributed by atoms with E-state index in [-0.39, 0.29) is 41.0 Å². The smallest absolute Gasteiger partial charge is 0.341 e. The number of anilines is 1. The van der Waals surface area contributed by atoms with Crippen LogP contribution in [0.15, 0.2) is 17.1 Å². The van der Waals surface area contributed by atoms with Crippen molar-refractivity contribution < 1.29 is 24.1 Å². The summed E-state index contributed by atoms with van der Waals surface area (Å²) >= 11 is 0. The van der Waals surface area contributed by atoms with Gasteiger partial charge >= 0.3 is 5.97 Å². The number of pyridine rings is 1. The summed E-state index contributed by atoms with van der Waals surface area (Å²) in [7, 11) is 5.10. The van der Waals surface area contributed by atoms with E-state index in [0.29, 0.717) is 12.1 Å². The van der Waals surface area contributed by atoms with Crippen molar-refractivity contribution in [2.75, 3.05) is 39.2 Å². The molecule has 8 nitrogen and oxygen atoms in total. The number of ether oxygens (including phenoxy) is 1. The number of aromatic nitrogens is 1. The van der Waals surface area contributed by atoms with E-state index in [2.05, 4.69) is 0 Å². The highest BCUT2D eigenvalue weighted by atomic mass is 19.1. The molecule has 1 aromatic carbocycles. The third-order valence-corrected chi connectivity index (χ3v) is 5.81. The van der Waals surface area contributed by atoms with Crippen molar-refractivity contribution in [3.8, 4) is 5.75 Å². The zero-order valence-corrected chi connectivity index (χ0v) is 16.6. The third-order valence-electron chi connectivity index (χ3n) is 5.81. The monoisotopic (exact) mass is 405 g/mol. The Labute approximate surface area is 166 Å². The molecule has 1 saturated heterocycles. The molecule has 2 aliphatic rings. The van der Waals surface area contributed by atoms with Gasteiger partial charge in [0.15, 0.2) is 11.6 Å². The van der Waals surface area contributed by atoms with Gasteiger partial charge in [0.05, 0.1) is 30.2 Å². The Bertz CT molecular complexity index is 1050. The van der Waals surface area contributed by atoms with Crippen LogP contribution in [-0.2, 0) is 0 Å². The van der Waals surface area contributed by atoms with Gasteiger partial charge in [0, 0.05) is 25.3 Å². The van der Waals surface area contributed by atoms with Gasteiger partial charge in [-0.05, 0) is 33.0 Å². The molecule has 2 fully saturated rings. The highest BCUT2D eigenvalue weighted by Gasteiger charge is 2.37. The molecule has 2 atom stereocenters. The molecule has 1 aliphatic carbocycles. The average Bonchev–Trinajstić information content (AvgIpc) is 3.42. The van der Waals surface area contributed by atoms with Gasteiger partial charge in [-0.3, -0.25) is 4.79 Å². The fraction of sp³-hybridized carbons (Fsp3) is 0.500. The van der Waals surface area contributed by atoms with Crippen LogP contribution in [0, 0.1) is 5.82 Å². The summed E-state index contributed by atoms with van der Waals surface area (Å²) < 4.78 is 22.5. The molecule has 2 N–H and O–H groups in total. The molecule has 2 unspecified atom stereocenters. The van der Waals surface area contributed by atoms with Crippen LogP contribution in [0.2, 0.25) is 0 Å². The van der Waals surface area contributed by atoms with E-state index in [1.54, 1.807) is 9.47 Å². The maximum Gasteiger partial charge on any atom is 0.341 e. The summed E-state index contributed by atoms with van der Waals surface area (Å²) in [6, 6.07) is 0.966. The first kappa shape index (κ1) is 19.7. The quantitative estimate of drug-likeness (QED) is 0.774. The molecule has 0 bridgehead atoms. The van der Waals surface area contributed by atoms with Crippen LogP contribution >= 0.6 is 0 Å². The molecule has 0 radical (unpaired) electrons. The molecule has 1 aliphatic heterocycles. The first-order valence-electron chi connectivity index (χ1n) is 9.52. The molecule has 0 amide bonds. The number of benzene rings is 1. The second-order valence-corrected chi connectivity index (χ2v) is 7.96. The Morgan fingerprint density at radius 2 is 2.00 bits per heavy atom. The molecule has 156 valence electrons. The largest absolute Gasteiger partial charge is 0.492 e. The van der Waals surface area contributed by atoms with E-state index >= 15 is 4.39 Å². The molecule has 4 rings (SSSR count). The van der Waals surface area contributed by atoms with Crippen LogP contribution in [-0.4, -0.2) is 72.1 Å². The number of hydrogen-bond donors (Lipinski definition) is 2. The fourth-order valence-corrected chi connectivity index (χ4v) is 4.18. The number of halogens is 1. The van der Waals surface area contributed by atoms with E-state index in [9.17, 15) is 19.8 Å². The van der Waals surface area contributed by atoms with E-state index in [1.807, 2.05) is 19.0 Å². The predicted octanol–water partition coefficient (Wildman–Crippen LogP) is 1.29. The van der Waals surface area contributed by atoms with Crippen molar-refractivity contribution in [2.45, 2.75) is 31.0 Å². The first-order valence-corrected chi connectivity index (χ1v) is 9.52. The number of carboxylic acids is 1. The van der Waals surface area contributed by atoms with Crippen molar-refractivity contribution in [3.63, 3.8) is 0 Å². The van der Waals surface area contributed by atoms with Crippen molar-refractivity contribution in [2.24, 2.45) is 0 Å². The molecule has 1 saturated carbocycles. The molecule has 9 heteroatoms. The standard InChI is InChI=1S/C20H24FN3O5/c1-22(2)14-8-23(9-15(14)25)17-13(21)6-11-16(19(17)29-3)24(10-4-5-10)7-12(18(11)26)20(27)28/h6-7,10,14-15,25H,4-5,8-9H2,1-3H3,(H,27,28). The van der Waals surface area contributed by atoms with Crippen LogP contribution in [0.25, 0.3) is 10.9 Å². The predicted molar refractivity (Wildman–Crippen MR) is 106 cm³/mol. The fourth-order valence-electron chi connectivity index (χ4n) is 4.18. The molecule has 2 aromatic rings. The van der Waals surface area contributed by atoms with Crippen molar-refractivity contribution >= 4 is 22.6 Å². The molecule has 2 heterocycles. The maximum atomic E-state index is 15.2. The van der Waals surface area contributed by atoms with Crippen molar-refractivity contribution in [1.29, 1.82) is 0 Å². The van der Waals surface area contributed by atoms with Crippen LogP contribution in [0.3, 0.4) is 0 Å². The van der Waals surface area contributed by atoms with Crippen LogP contribution in [0.5, 0.6) is 5.75 Å². The van der Waals surface area contributed by atoms with Gasteiger partial charge in [-0.2, -0.15) is 0 Å². The van der Waals surface area contributed by atoms with Gasteiger partial charge in [-0.25, -0.2) is 9.18 Å². The van der Waals surface area contributed by atoms with Crippen molar-refractivity contribution in [1.82, 2.24) is 9.47 Å². The second kappa shape index (κ2) is 7.00. The minimum Gasteiger partial charge on any atom is -0.492 e. The maximum absolute atomic E-state index is 15.2. The Balaban J connectivity index is 1.97. The van der Waals surface area contributed by atoms with E-state index in [4.69, 9.17) is 4.74 Å². The lowest BCUT2D eigenvalue weighted by atomic mass is 10.1. The Morgan fingerprint density at radius 1 is 1.31 bits per heavy atom. The highest BCUT2D eigenvalue weighted by molar-refractivity contribution is 5.97. The Hall–Kier alpha value is -2.65. The lowest BCUT2D eigenvalue weighted by Crippen LogP contribution is -2.38. The number of aliphatic hydroxyl groups excluding tert-OH is 1. The number of hydrogen-bond acceptors (Lipinski definition) is 6. The number of β-amino-alcohol motifs (C(OH)–C–C–N with tert-alkyl or cyclic N) is 1. The summed E-state index contributed by atoms with van der Waals surface area (Å²) in [5, 5.41) is 19.8. The summed E-state index contributed by atoms with van der Waals surface area (Å²) in [6.07, 6.45) is 2.36. The van der Waals surface area contributed by atoms with Crippen LogP contribution in [0.4, 0.5) is 10.1 Å². The van der Waals surface area contributed by atoms with E-state index in [0.717, 1.165) is 18.9 Å². The molecule has 1 aromatic heterocycles. The van der Waals surface area contributed by atoms with Gasteiger partial charge < -0.3 is 29.3 Å². The number of carboxylic acid groups (broad SMARTS) is 1.